The number of ether oxygens (including phenoxy) is 2. The summed E-state index contributed by atoms with van der Waals surface area (Å²) in [6, 6.07) is 7.20. The number of phenols is 7. The summed E-state index contributed by atoms with van der Waals surface area (Å²) >= 11 is 0. The minimum atomic E-state index is -2.22. The monoisotopic (exact) mass is 426 g/mol. The first-order chi connectivity index (χ1) is 14.6. The second kappa shape index (κ2) is 5.64. The molecule has 5 rings (SSSR count). The summed E-state index contributed by atoms with van der Waals surface area (Å²) < 4.78 is 11.6. The Morgan fingerprint density at radius 1 is 0.677 bits per heavy atom. The number of carbonyl (C=O) groups is 1. The van der Waals surface area contributed by atoms with Crippen molar-refractivity contribution in [3.8, 4) is 46.0 Å². The van der Waals surface area contributed by atoms with E-state index in [4.69, 9.17) is 9.47 Å². The maximum atomic E-state index is 13.6. The molecule has 0 aliphatic carbocycles. The fourth-order valence-corrected chi connectivity index (χ4v) is 4.04. The Hall–Kier alpha value is -4.31. The van der Waals surface area contributed by atoms with Crippen LogP contribution in [0, 0.1) is 0 Å². The lowest BCUT2D eigenvalue weighted by molar-refractivity contribution is 0.0548. The first-order valence-corrected chi connectivity index (χ1v) is 8.88. The van der Waals surface area contributed by atoms with Crippen LogP contribution in [0.1, 0.15) is 21.5 Å². The number of Topliss-reactive ketones (excluding diaryl/α,β-unsaturated/α-hetero) is 1. The molecule has 3 aromatic rings. The van der Waals surface area contributed by atoms with Crippen LogP contribution in [-0.2, 0) is 16.1 Å². The van der Waals surface area contributed by atoms with E-state index in [9.17, 15) is 40.5 Å². The summed E-state index contributed by atoms with van der Waals surface area (Å²) in [5.41, 5.74) is -3.02. The number of benzene rings is 3. The van der Waals surface area contributed by atoms with Crippen LogP contribution in [-0.4, -0.2) is 41.5 Å². The molecule has 0 radical (unpaired) electrons. The summed E-state index contributed by atoms with van der Waals surface area (Å²) in [6.07, 6.45) is 0. The van der Waals surface area contributed by atoms with Crippen LogP contribution in [0.2, 0.25) is 0 Å². The van der Waals surface area contributed by atoms with Crippen LogP contribution in [0.3, 0.4) is 0 Å². The van der Waals surface area contributed by atoms with Crippen molar-refractivity contribution in [1.29, 1.82) is 0 Å². The molecule has 1 unspecified atom stereocenters. The van der Waals surface area contributed by atoms with Gasteiger partial charge in [-0.2, -0.15) is 0 Å². The molecule has 2 aliphatic heterocycles. The van der Waals surface area contributed by atoms with Crippen LogP contribution >= 0.6 is 0 Å². The van der Waals surface area contributed by atoms with Crippen molar-refractivity contribution in [2.24, 2.45) is 0 Å². The second-order valence-corrected chi connectivity index (χ2v) is 7.23. The van der Waals surface area contributed by atoms with E-state index in [0.29, 0.717) is 0 Å². The molecule has 0 spiro atoms. The standard InChI is InChI=1S/C21H14O10/c22-9-5-14(27)18(15(28)6-9)20-19(29)17-13(26)4-10(23)7-16(17)30-21(20,31-20)8-1-2-11(24)12(25)3-8/h1-7,22-28H/t20?,21-/m0/s1. The highest BCUT2D eigenvalue weighted by atomic mass is 16.8. The van der Waals surface area contributed by atoms with Crippen molar-refractivity contribution in [3.63, 3.8) is 0 Å². The van der Waals surface area contributed by atoms with Gasteiger partial charge in [-0.25, -0.2) is 0 Å². The molecule has 1 fully saturated rings. The maximum Gasteiger partial charge on any atom is 0.280 e. The molecule has 0 aromatic heterocycles. The zero-order chi connectivity index (χ0) is 22.3. The summed E-state index contributed by atoms with van der Waals surface area (Å²) in [7, 11) is 0. The quantitative estimate of drug-likeness (QED) is 0.236. The summed E-state index contributed by atoms with van der Waals surface area (Å²) in [5, 5.41) is 70.3. The number of epoxide rings is 1. The molecule has 2 atom stereocenters. The largest absolute Gasteiger partial charge is 0.508 e. The third-order valence-electron chi connectivity index (χ3n) is 5.37. The number of rotatable bonds is 2. The Balaban J connectivity index is 1.83. The van der Waals surface area contributed by atoms with Crippen molar-refractivity contribution in [3.05, 3.63) is 59.2 Å². The molecule has 31 heavy (non-hydrogen) atoms. The van der Waals surface area contributed by atoms with E-state index in [-0.39, 0.29) is 16.9 Å². The minimum Gasteiger partial charge on any atom is -0.508 e. The summed E-state index contributed by atoms with van der Waals surface area (Å²) in [6.45, 7) is 0. The topological polar surface area (TPSA) is 180 Å². The third kappa shape index (κ3) is 2.21. The fourth-order valence-electron chi connectivity index (χ4n) is 4.04. The molecular formula is C21H14O10. The molecule has 2 heterocycles. The first kappa shape index (κ1) is 18.7. The number of carbonyl (C=O) groups excluding carboxylic acids is 1. The lowest BCUT2D eigenvalue weighted by atomic mass is 9.79. The van der Waals surface area contributed by atoms with Crippen LogP contribution in [0.5, 0.6) is 46.0 Å². The van der Waals surface area contributed by atoms with Gasteiger partial charge < -0.3 is 45.2 Å². The van der Waals surface area contributed by atoms with Gasteiger partial charge in [0, 0.05) is 29.8 Å². The normalized spacial score (nSPS) is 23.5. The van der Waals surface area contributed by atoms with Gasteiger partial charge in [0.25, 0.3) is 5.79 Å². The van der Waals surface area contributed by atoms with Gasteiger partial charge in [0.05, 0.1) is 5.56 Å². The Labute approximate surface area is 173 Å². The highest BCUT2D eigenvalue weighted by molar-refractivity contribution is 6.11. The molecule has 158 valence electrons. The molecule has 3 aromatic carbocycles. The van der Waals surface area contributed by atoms with Gasteiger partial charge in [-0.05, 0) is 18.2 Å². The average molecular weight is 426 g/mol. The molecular weight excluding hydrogens is 412 g/mol. The smallest absolute Gasteiger partial charge is 0.280 e. The van der Waals surface area contributed by atoms with E-state index < -0.39 is 63.0 Å². The SMILES string of the molecule is O=C1c2c(O)cc(O)cc2O[C@@]2(c3ccc(O)c(O)c3)OC12c1c(O)cc(O)cc1O. The van der Waals surface area contributed by atoms with E-state index >= 15 is 0 Å². The van der Waals surface area contributed by atoms with E-state index in [1.54, 1.807) is 0 Å². The van der Waals surface area contributed by atoms with E-state index in [0.717, 1.165) is 36.4 Å². The molecule has 1 saturated heterocycles. The van der Waals surface area contributed by atoms with Gasteiger partial charge in [-0.15, -0.1) is 0 Å². The van der Waals surface area contributed by atoms with Gasteiger partial charge in [0.2, 0.25) is 11.4 Å². The van der Waals surface area contributed by atoms with Crippen LogP contribution in [0.4, 0.5) is 0 Å². The lowest BCUT2D eigenvalue weighted by Gasteiger charge is -2.28. The van der Waals surface area contributed by atoms with Gasteiger partial charge in [0.1, 0.15) is 40.1 Å². The zero-order valence-corrected chi connectivity index (χ0v) is 15.4. The van der Waals surface area contributed by atoms with Gasteiger partial charge >= 0.3 is 0 Å². The number of hydrogen-bond donors (Lipinski definition) is 7. The molecule has 0 bridgehead atoms. The molecule has 10 nitrogen and oxygen atoms in total. The van der Waals surface area contributed by atoms with E-state index in [1.807, 2.05) is 0 Å². The van der Waals surface area contributed by atoms with Gasteiger partial charge in [-0.1, -0.05) is 0 Å². The molecule has 0 saturated carbocycles. The van der Waals surface area contributed by atoms with Crippen LogP contribution in [0.15, 0.2) is 42.5 Å². The van der Waals surface area contributed by atoms with Gasteiger partial charge in [-0.3, -0.25) is 4.79 Å². The van der Waals surface area contributed by atoms with E-state index in [2.05, 4.69) is 0 Å². The maximum absolute atomic E-state index is 13.6. The summed E-state index contributed by atoms with van der Waals surface area (Å²) in [5.74, 6) is -7.14. The van der Waals surface area contributed by atoms with Crippen LogP contribution < -0.4 is 4.74 Å². The molecule has 7 N–H and O–H groups in total. The lowest BCUT2D eigenvalue weighted by Crippen LogP contribution is -2.39. The van der Waals surface area contributed by atoms with E-state index in [1.165, 1.54) is 6.07 Å². The Kier molecular flexibility index (Phi) is 3.40. The summed E-state index contributed by atoms with van der Waals surface area (Å²) in [4.78, 5) is 13.6. The van der Waals surface area contributed by atoms with Crippen molar-refractivity contribution in [1.82, 2.24) is 0 Å². The second-order valence-electron chi connectivity index (χ2n) is 7.23. The highest BCUT2D eigenvalue weighted by Gasteiger charge is 2.83. The number of ketones is 1. The predicted molar refractivity (Wildman–Crippen MR) is 100 cm³/mol. The number of hydrogen-bond acceptors (Lipinski definition) is 10. The molecule has 2 aliphatic rings. The van der Waals surface area contributed by atoms with Crippen molar-refractivity contribution in [2.75, 3.05) is 0 Å². The number of aromatic hydroxyl groups is 7. The number of phenolic OH excluding ortho intramolecular Hbond substituents is 7. The minimum absolute atomic E-state index is 0.0245. The third-order valence-corrected chi connectivity index (χ3v) is 5.37. The Morgan fingerprint density at radius 3 is 1.94 bits per heavy atom. The predicted octanol–water partition coefficient (Wildman–Crippen LogP) is 1.98. The Morgan fingerprint density at radius 2 is 1.29 bits per heavy atom. The molecule has 10 heteroatoms. The first-order valence-electron chi connectivity index (χ1n) is 8.88. The zero-order valence-electron chi connectivity index (χ0n) is 15.4. The Bertz CT molecular complexity index is 1280. The molecule has 0 amide bonds. The van der Waals surface area contributed by atoms with Gasteiger partial charge in [0.15, 0.2) is 11.5 Å². The fraction of sp³-hybridized carbons (Fsp3) is 0.0952. The van der Waals surface area contributed by atoms with Crippen molar-refractivity contribution < 1.29 is 50.0 Å². The highest BCUT2D eigenvalue weighted by Crippen LogP contribution is 2.70. The van der Waals surface area contributed by atoms with Crippen molar-refractivity contribution in [2.45, 2.75) is 11.4 Å². The average Bonchev–Trinajstić information content (AvgIpc) is 3.33. The number of fused-ring (bicyclic) bond motifs is 2. The van der Waals surface area contributed by atoms with Crippen molar-refractivity contribution >= 4 is 5.78 Å². The van der Waals surface area contributed by atoms with Crippen LogP contribution in [0.25, 0.3) is 0 Å².